The van der Waals surface area contributed by atoms with Crippen molar-refractivity contribution in [3.63, 3.8) is 0 Å². The van der Waals surface area contributed by atoms with Crippen LogP contribution >= 0.6 is 0 Å². The van der Waals surface area contributed by atoms with Gasteiger partial charge in [-0.3, -0.25) is 4.79 Å². The first-order valence-electron chi connectivity index (χ1n) is 18.7. The van der Waals surface area contributed by atoms with E-state index in [1.54, 1.807) is 55.4 Å². The van der Waals surface area contributed by atoms with Gasteiger partial charge in [0, 0.05) is 37.3 Å². The molecule has 4 aliphatic heterocycles. The predicted molar refractivity (Wildman–Crippen MR) is 185 cm³/mol. The van der Waals surface area contributed by atoms with Gasteiger partial charge in [0.25, 0.3) is 0 Å². The lowest BCUT2D eigenvalue weighted by Crippen LogP contribution is -2.61. The first kappa shape index (κ1) is 42.7. The zero-order chi connectivity index (χ0) is 38.6. The third kappa shape index (κ3) is 8.04. The molecule has 0 spiro atoms. The Morgan fingerprint density at radius 3 is 2.12 bits per heavy atom. The molecule has 2 bridgehead atoms. The van der Waals surface area contributed by atoms with Crippen molar-refractivity contribution in [2.75, 3.05) is 21.2 Å². The lowest BCUT2D eigenvalue weighted by molar-refractivity contribution is -0.320. The summed E-state index contributed by atoms with van der Waals surface area (Å²) >= 11 is 0. The maximum atomic E-state index is 14.2. The number of carbonyl (C=O) groups is 1. The minimum atomic E-state index is -1.91. The Hall–Kier alpha value is -1.01. The van der Waals surface area contributed by atoms with Gasteiger partial charge in [-0.1, -0.05) is 27.7 Å². The van der Waals surface area contributed by atoms with Gasteiger partial charge in [0.05, 0.1) is 47.6 Å². The van der Waals surface area contributed by atoms with Crippen LogP contribution in [-0.2, 0) is 38.0 Å². The van der Waals surface area contributed by atoms with E-state index in [-0.39, 0.29) is 31.4 Å². The second-order valence-corrected chi connectivity index (χ2v) is 16.9. The molecule has 51 heavy (non-hydrogen) atoms. The van der Waals surface area contributed by atoms with Gasteiger partial charge >= 0.3 is 5.97 Å². The van der Waals surface area contributed by atoms with Crippen molar-refractivity contribution in [2.24, 2.45) is 23.7 Å². The van der Waals surface area contributed by atoms with E-state index in [2.05, 4.69) is 0 Å². The number of hydrogen-bond acceptors (Lipinski definition) is 14. The van der Waals surface area contributed by atoms with Crippen molar-refractivity contribution >= 4 is 5.97 Å². The van der Waals surface area contributed by atoms with Crippen molar-refractivity contribution in [1.29, 1.82) is 0 Å². The van der Waals surface area contributed by atoms with Gasteiger partial charge in [-0.15, -0.1) is 0 Å². The monoisotopic (exact) mass is 733 g/mol. The van der Waals surface area contributed by atoms with E-state index in [4.69, 9.17) is 33.2 Å². The third-order valence-corrected chi connectivity index (χ3v) is 12.6. The van der Waals surface area contributed by atoms with E-state index >= 15 is 0 Å². The zero-order valence-corrected chi connectivity index (χ0v) is 32.9. The maximum Gasteiger partial charge on any atom is 0.311 e. The van der Waals surface area contributed by atoms with Crippen LogP contribution in [0.3, 0.4) is 0 Å². The summed E-state index contributed by atoms with van der Waals surface area (Å²) in [5, 5.41) is 58.7. The first-order chi connectivity index (χ1) is 23.5. The highest BCUT2D eigenvalue weighted by atomic mass is 16.7. The number of ether oxygens (including phenoxy) is 7. The van der Waals surface area contributed by atoms with Crippen LogP contribution in [0.25, 0.3) is 0 Å². The van der Waals surface area contributed by atoms with Crippen molar-refractivity contribution in [2.45, 2.75) is 185 Å². The van der Waals surface area contributed by atoms with Gasteiger partial charge in [-0.2, -0.15) is 0 Å². The fourth-order valence-corrected chi connectivity index (χ4v) is 9.18. The van der Waals surface area contributed by atoms with Gasteiger partial charge in [-0.05, 0) is 74.9 Å². The molecule has 0 aromatic heterocycles. The number of hydrogen-bond donors (Lipinski definition) is 5. The second kappa shape index (κ2) is 15.6. The van der Waals surface area contributed by atoms with Crippen LogP contribution in [0.15, 0.2) is 0 Å². The molecule has 19 atom stereocenters. The fraction of sp³-hybridized carbons (Fsp3) is 0.973. The molecule has 4 rings (SSSR count). The van der Waals surface area contributed by atoms with Crippen LogP contribution in [0.2, 0.25) is 0 Å². The Morgan fingerprint density at radius 1 is 0.922 bits per heavy atom. The Labute approximate surface area is 304 Å². The van der Waals surface area contributed by atoms with E-state index in [0.717, 1.165) is 0 Å². The minimum Gasteiger partial charge on any atom is -0.459 e. The molecule has 2 unspecified atom stereocenters. The SMILES string of the molecule is CC[C@H]1OC(=O)C(C)C(O[C@H]2C[C@@](C)(OC)[C@@H](O)[C@H](C)O2)[C@H](C)[C@@H](O[C@@H]2O[C@H](C)C[C@H](N(C)C)[C@H]2O)[C@](C)(O)C[C@@H](C)[C@]2(O)O[C@@]1(C)[C@H](O)[C@H]2C. The van der Waals surface area contributed by atoms with Crippen LogP contribution in [0.1, 0.15) is 94.9 Å². The molecule has 14 nitrogen and oxygen atoms in total. The fourth-order valence-electron chi connectivity index (χ4n) is 9.18. The number of cyclic esters (lactones) is 1. The topological polar surface area (TPSA) is 186 Å². The van der Waals surface area contributed by atoms with E-state index < -0.39 is 108 Å². The van der Waals surface area contributed by atoms with Crippen LogP contribution in [0, 0.1) is 23.7 Å². The molecular weight excluding hydrogens is 666 g/mol. The molecule has 4 aliphatic rings. The largest absolute Gasteiger partial charge is 0.459 e. The van der Waals surface area contributed by atoms with Crippen LogP contribution in [0.4, 0.5) is 0 Å². The normalized spacial score (nSPS) is 53.2. The molecule has 298 valence electrons. The van der Waals surface area contributed by atoms with Crippen LogP contribution in [-0.4, -0.2) is 148 Å². The summed E-state index contributed by atoms with van der Waals surface area (Å²) in [6.07, 6.45) is -8.52. The lowest BCUT2D eigenvalue weighted by atomic mass is 9.74. The predicted octanol–water partition coefficient (Wildman–Crippen LogP) is 1.94. The molecular formula is C37H67NO13. The summed E-state index contributed by atoms with van der Waals surface area (Å²) < 4.78 is 43.9. The van der Waals surface area contributed by atoms with Crippen molar-refractivity contribution in [3.8, 4) is 0 Å². The maximum absolute atomic E-state index is 14.2. The highest BCUT2D eigenvalue weighted by Gasteiger charge is 2.64. The molecule has 4 fully saturated rings. The van der Waals surface area contributed by atoms with Gasteiger partial charge in [0.2, 0.25) is 0 Å². The molecule has 4 saturated heterocycles. The molecule has 0 aliphatic carbocycles. The number of methoxy groups -OCH3 is 1. The molecule has 4 heterocycles. The minimum absolute atomic E-state index is 0.0707. The highest BCUT2D eigenvalue weighted by Crippen LogP contribution is 2.51. The number of aliphatic hydroxyl groups excluding tert-OH is 3. The Balaban J connectivity index is 1.84. The van der Waals surface area contributed by atoms with Gasteiger partial charge < -0.3 is 63.6 Å². The summed E-state index contributed by atoms with van der Waals surface area (Å²) in [4.78, 5) is 16.1. The molecule has 0 aromatic carbocycles. The van der Waals surface area contributed by atoms with E-state index in [0.29, 0.717) is 6.42 Å². The number of carbonyl (C=O) groups excluding carboxylic acids is 1. The highest BCUT2D eigenvalue weighted by molar-refractivity contribution is 5.73. The van der Waals surface area contributed by atoms with E-state index in [9.17, 15) is 30.3 Å². The zero-order valence-electron chi connectivity index (χ0n) is 32.9. The van der Waals surface area contributed by atoms with Crippen LogP contribution in [0.5, 0.6) is 0 Å². The summed E-state index contributed by atoms with van der Waals surface area (Å²) in [7, 11) is 5.24. The molecule has 0 saturated carbocycles. The Morgan fingerprint density at radius 2 is 1.55 bits per heavy atom. The number of likely N-dealkylation sites (N-methyl/N-ethyl adjacent to an activating group) is 1. The average Bonchev–Trinajstić information content (AvgIpc) is 3.24. The standard InChI is InChI=1S/C37H67NO13/c1-14-25-36(10)29(40)22(6)37(44,51-36)18(2)16-34(8,43)31(50-33-27(39)24(38(11)12)15-19(3)46-33)20(4)28(21(5)32(42)48-25)49-26-17-35(9,45-13)30(41)23(7)47-26/h18-31,33,39-41,43-44H,14-17H2,1-13H3/t18-,19-,20+,21?,22-,23+,24+,25-,26+,27-,28?,29-,30+,31-,33+,34-,35-,36-,37+/m1/s1. The number of fused-ring (bicyclic) bond motifs is 2. The summed E-state index contributed by atoms with van der Waals surface area (Å²) in [6, 6.07) is -0.303. The summed E-state index contributed by atoms with van der Waals surface area (Å²) in [6.45, 7) is 17.2. The summed E-state index contributed by atoms with van der Waals surface area (Å²) in [5.74, 6) is -5.91. The summed E-state index contributed by atoms with van der Waals surface area (Å²) in [5.41, 5.74) is -4.24. The number of aliphatic hydroxyl groups is 5. The van der Waals surface area contributed by atoms with Gasteiger partial charge in [0.1, 0.15) is 23.9 Å². The number of rotatable bonds is 7. The second-order valence-electron chi connectivity index (χ2n) is 16.9. The smallest absolute Gasteiger partial charge is 0.311 e. The van der Waals surface area contributed by atoms with E-state index in [1.165, 1.54) is 7.11 Å². The molecule has 0 aromatic rings. The lowest BCUT2D eigenvalue weighted by Gasteiger charge is -2.49. The van der Waals surface area contributed by atoms with Crippen LogP contribution < -0.4 is 0 Å². The molecule has 5 N–H and O–H groups in total. The van der Waals surface area contributed by atoms with Gasteiger partial charge in [0.15, 0.2) is 18.4 Å². The molecule has 0 amide bonds. The quantitative estimate of drug-likeness (QED) is 0.239. The molecule has 14 heteroatoms. The Kier molecular flexibility index (Phi) is 13.1. The van der Waals surface area contributed by atoms with Crippen molar-refractivity contribution in [3.05, 3.63) is 0 Å². The third-order valence-electron chi connectivity index (χ3n) is 12.6. The first-order valence-corrected chi connectivity index (χ1v) is 18.7. The molecule has 0 radical (unpaired) electrons. The van der Waals surface area contributed by atoms with Crippen molar-refractivity contribution < 1.29 is 63.5 Å². The van der Waals surface area contributed by atoms with Gasteiger partial charge in [-0.25, -0.2) is 0 Å². The number of esters is 1. The van der Waals surface area contributed by atoms with Crippen molar-refractivity contribution in [1.82, 2.24) is 4.90 Å². The average molecular weight is 734 g/mol. The van der Waals surface area contributed by atoms with E-state index in [1.807, 2.05) is 32.8 Å². The number of nitrogens with zero attached hydrogens (tertiary/aromatic N) is 1. The Bertz CT molecular complexity index is 1190.